The second kappa shape index (κ2) is 6.64. The van der Waals surface area contributed by atoms with Gasteiger partial charge in [0.05, 0.1) is 0 Å². The van der Waals surface area contributed by atoms with Crippen LogP contribution >= 0.6 is 0 Å². The predicted octanol–water partition coefficient (Wildman–Crippen LogP) is 3.50. The Labute approximate surface area is 100 Å². The Morgan fingerprint density at radius 1 is 1.06 bits per heavy atom. The van der Waals surface area contributed by atoms with E-state index in [1.54, 1.807) is 0 Å². The summed E-state index contributed by atoms with van der Waals surface area (Å²) in [7, 11) is 1.86. The maximum Gasteiger partial charge on any atom is 0.389 e. The first-order valence-electron chi connectivity index (χ1n) is 5.76. The number of hydrogen-bond acceptors (Lipinski definition) is 1. The molecule has 4 heteroatoms. The first-order valence-corrected chi connectivity index (χ1v) is 5.76. The van der Waals surface area contributed by atoms with Crippen molar-refractivity contribution < 1.29 is 13.2 Å². The fourth-order valence-corrected chi connectivity index (χ4v) is 1.63. The molecule has 0 aliphatic rings. The molecule has 1 aromatic carbocycles. The predicted molar refractivity (Wildman–Crippen MR) is 62.9 cm³/mol. The van der Waals surface area contributed by atoms with Crippen molar-refractivity contribution in [2.45, 2.75) is 25.4 Å². The van der Waals surface area contributed by atoms with E-state index >= 15 is 0 Å². The van der Waals surface area contributed by atoms with E-state index < -0.39 is 12.6 Å². The Hall–Kier alpha value is -1.03. The standard InChI is InChI=1S/C13H18F3N/c1-17(10-5-9-13(14,15)16)11-8-12-6-3-2-4-7-12/h2-4,6-7H,5,8-11H2,1H3. The third kappa shape index (κ3) is 7.00. The SMILES string of the molecule is CN(CCCC(F)(F)F)CCc1ccccc1. The molecule has 0 aromatic heterocycles. The summed E-state index contributed by atoms with van der Waals surface area (Å²) in [6.45, 7) is 1.29. The van der Waals surface area contributed by atoms with Crippen LogP contribution < -0.4 is 0 Å². The number of hydrogen-bond donors (Lipinski definition) is 0. The molecule has 0 N–H and O–H groups in total. The molecule has 0 unspecified atom stereocenters. The molecule has 0 bridgehead atoms. The molecular weight excluding hydrogens is 227 g/mol. The molecule has 0 atom stereocenters. The minimum Gasteiger partial charge on any atom is -0.306 e. The average Bonchev–Trinajstić information content (AvgIpc) is 2.26. The Kier molecular flexibility index (Phi) is 5.48. The van der Waals surface area contributed by atoms with Gasteiger partial charge in [-0.3, -0.25) is 0 Å². The van der Waals surface area contributed by atoms with Crippen LogP contribution in [-0.4, -0.2) is 31.2 Å². The number of nitrogens with zero attached hydrogens (tertiary/aromatic N) is 1. The number of alkyl halides is 3. The van der Waals surface area contributed by atoms with E-state index in [2.05, 4.69) is 0 Å². The molecular formula is C13H18F3N. The molecule has 0 aliphatic heterocycles. The van der Waals surface area contributed by atoms with Crippen LogP contribution in [0.3, 0.4) is 0 Å². The van der Waals surface area contributed by atoms with Crippen LogP contribution in [0.4, 0.5) is 13.2 Å². The quantitative estimate of drug-likeness (QED) is 0.741. The Morgan fingerprint density at radius 3 is 2.29 bits per heavy atom. The van der Waals surface area contributed by atoms with Crippen molar-refractivity contribution in [1.29, 1.82) is 0 Å². The average molecular weight is 245 g/mol. The molecule has 17 heavy (non-hydrogen) atoms. The second-order valence-electron chi connectivity index (χ2n) is 4.26. The Morgan fingerprint density at radius 2 is 1.71 bits per heavy atom. The fraction of sp³-hybridized carbons (Fsp3) is 0.538. The van der Waals surface area contributed by atoms with E-state index in [1.165, 1.54) is 5.56 Å². The first-order chi connectivity index (χ1) is 7.97. The summed E-state index contributed by atoms with van der Waals surface area (Å²) < 4.78 is 35.8. The normalized spacial score (nSPS) is 12.1. The van der Waals surface area contributed by atoms with Crippen LogP contribution in [-0.2, 0) is 6.42 Å². The zero-order chi connectivity index (χ0) is 12.7. The van der Waals surface area contributed by atoms with Gasteiger partial charge in [0, 0.05) is 13.0 Å². The lowest BCUT2D eigenvalue weighted by Gasteiger charge is -2.16. The van der Waals surface area contributed by atoms with Gasteiger partial charge in [0.2, 0.25) is 0 Å². The fourth-order valence-electron chi connectivity index (χ4n) is 1.63. The van der Waals surface area contributed by atoms with Crippen LogP contribution in [0.25, 0.3) is 0 Å². The summed E-state index contributed by atoms with van der Waals surface area (Å²) in [6.07, 6.45) is -3.67. The van der Waals surface area contributed by atoms with Gasteiger partial charge in [0.15, 0.2) is 0 Å². The second-order valence-corrected chi connectivity index (χ2v) is 4.26. The minimum atomic E-state index is -4.03. The van der Waals surface area contributed by atoms with Gasteiger partial charge in [0.1, 0.15) is 0 Å². The maximum absolute atomic E-state index is 11.9. The van der Waals surface area contributed by atoms with Gasteiger partial charge in [-0.1, -0.05) is 30.3 Å². The van der Waals surface area contributed by atoms with E-state index in [-0.39, 0.29) is 6.42 Å². The van der Waals surface area contributed by atoms with E-state index in [9.17, 15) is 13.2 Å². The van der Waals surface area contributed by atoms with E-state index in [0.29, 0.717) is 6.54 Å². The van der Waals surface area contributed by atoms with Crippen molar-refractivity contribution in [3.63, 3.8) is 0 Å². The molecule has 96 valence electrons. The summed E-state index contributed by atoms with van der Waals surface area (Å²) in [5, 5.41) is 0. The lowest BCUT2D eigenvalue weighted by molar-refractivity contribution is -0.136. The molecule has 1 aromatic rings. The van der Waals surface area contributed by atoms with Crippen molar-refractivity contribution in [2.24, 2.45) is 0 Å². The van der Waals surface area contributed by atoms with Gasteiger partial charge in [0.25, 0.3) is 0 Å². The number of benzene rings is 1. The van der Waals surface area contributed by atoms with E-state index in [1.807, 2.05) is 42.3 Å². The van der Waals surface area contributed by atoms with Crippen LogP contribution in [0.15, 0.2) is 30.3 Å². The first kappa shape index (κ1) is 14.0. The highest BCUT2D eigenvalue weighted by Crippen LogP contribution is 2.21. The van der Waals surface area contributed by atoms with Crippen molar-refractivity contribution in [2.75, 3.05) is 20.1 Å². The lowest BCUT2D eigenvalue weighted by atomic mass is 10.1. The smallest absolute Gasteiger partial charge is 0.306 e. The number of rotatable bonds is 6. The van der Waals surface area contributed by atoms with Crippen LogP contribution in [0.1, 0.15) is 18.4 Å². The number of likely N-dealkylation sites (N-methyl/N-ethyl adjacent to an activating group) is 1. The largest absolute Gasteiger partial charge is 0.389 e. The summed E-state index contributed by atoms with van der Waals surface area (Å²) >= 11 is 0. The highest BCUT2D eigenvalue weighted by atomic mass is 19.4. The zero-order valence-electron chi connectivity index (χ0n) is 10.0. The lowest BCUT2D eigenvalue weighted by Crippen LogP contribution is -2.23. The van der Waals surface area contributed by atoms with Crippen molar-refractivity contribution in [1.82, 2.24) is 4.90 Å². The molecule has 0 aliphatic carbocycles. The van der Waals surface area contributed by atoms with E-state index in [4.69, 9.17) is 0 Å². The van der Waals surface area contributed by atoms with Crippen molar-refractivity contribution in [3.8, 4) is 0 Å². The summed E-state index contributed by atoms with van der Waals surface area (Å²) in [6, 6.07) is 9.96. The van der Waals surface area contributed by atoms with Gasteiger partial charge < -0.3 is 4.90 Å². The highest BCUT2D eigenvalue weighted by molar-refractivity contribution is 5.14. The molecule has 0 fully saturated rings. The van der Waals surface area contributed by atoms with Crippen LogP contribution in [0.5, 0.6) is 0 Å². The van der Waals surface area contributed by atoms with Crippen LogP contribution in [0.2, 0.25) is 0 Å². The molecule has 1 nitrogen and oxygen atoms in total. The number of halogens is 3. The molecule has 0 saturated heterocycles. The molecule has 0 spiro atoms. The Balaban J connectivity index is 2.15. The van der Waals surface area contributed by atoms with Crippen molar-refractivity contribution in [3.05, 3.63) is 35.9 Å². The van der Waals surface area contributed by atoms with Gasteiger partial charge in [-0.2, -0.15) is 13.2 Å². The highest BCUT2D eigenvalue weighted by Gasteiger charge is 2.26. The maximum atomic E-state index is 11.9. The van der Waals surface area contributed by atoms with Gasteiger partial charge in [-0.15, -0.1) is 0 Å². The summed E-state index contributed by atoms with van der Waals surface area (Å²) in [5.41, 5.74) is 1.22. The van der Waals surface area contributed by atoms with Crippen molar-refractivity contribution >= 4 is 0 Å². The van der Waals surface area contributed by atoms with Gasteiger partial charge in [-0.05, 0) is 32.0 Å². The third-order valence-corrected chi connectivity index (χ3v) is 2.63. The molecule has 1 rings (SSSR count). The Bertz CT molecular complexity index is 308. The summed E-state index contributed by atoms with van der Waals surface area (Å²) in [5.74, 6) is 0. The molecule has 0 saturated carbocycles. The zero-order valence-corrected chi connectivity index (χ0v) is 10.0. The van der Waals surface area contributed by atoms with Crippen LogP contribution in [0, 0.1) is 0 Å². The topological polar surface area (TPSA) is 3.24 Å². The molecule has 0 radical (unpaired) electrons. The monoisotopic (exact) mass is 245 g/mol. The van der Waals surface area contributed by atoms with Gasteiger partial charge >= 0.3 is 6.18 Å². The van der Waals surface area contributed by atoms with E-state index in [0.717, 1.165) is 13.0 Å². The molecule has 0 heterocycles. The summed E-state index contributed by atoms with van der Waals surface area (Å²) in [4.78, 5) is 1.94. The minimum absolute atomic E-state index is 0.175. The third-order valence-electron chi connectivity index (χ3n) is 2.63. The van der Waals surface area contributed by atoms with Gasteiger partial charge in [-0.25, -0.2) is 0 Å². The molecule has 0 amide bonds.